The summed E-state index contributed by atoms with van der Waals surface area (Å²) in [5, 5.41) is 4.56. The Balaban J connectivity index is 2.19. The summed E-state index contributed by atoms with van der Waals surface area (Å²) in [7, 11) is -4.14. The first-order valence-corrected chi connectivity index (χ1v) is 7.90. The smallest absolute Gasteiger partial charge is 0.341 e. The van der Waals surface area contributed by atoms with E-state index in [2.05, 4.69) is 0 Å². The standard InChI is InChI=1S/C12H13ClFNO4S/c13-9-6-10(14)8(5-11(9)20(15,17)18)12(16)19-4-3-7-1-2-7/h5-7H,1-4H2,(H2,15,17,18). The van der Waals surface area contributed by atoms with Crippen molar-refractivity contribution in [2.45, 2.75) is 24.2 Å². The second-order valence-electron chi connectivity index (χ2n) is 4.68. The monoisotopic (exact) mass is 321 g/mol. The zero-order valence-corrected chi connectivity index (χ0v) is 12.0. The number of halogens is 2. The van der Waals surface area contributed by atoms with Gasteiger partial charge in [0, 0.05) is 0 Å². The van der Waals surface area contributed by atoms with Crippen LogP contribution < -0.4 is 5.14 Å². The second-order valence-corrected chi connectivity index (χ2v) is 6.61. The fourth-order valence-electron chi connectivity index (χ4n) is 1.71. The number of carbonyl (C=O) groups excluding carboxylic acids is 1. The molecule has 5 nitrogen and oxygen atoms in total. The van der Waals surface area contributed by atoms with Gasteiger partial charge in [-0.1, -0.05) is 24.4 Å². The topological polar surface area (TPSA) is 86.5 Å². The van der Waals surface area contributed by atoms with Gasteiger partial charge < -0.3 is 4.74 Å². The number of sulfonamides is 1. The van der Waals surface area contributed by atoms with Crippen molar-refractivity contribution in [2.75, 3.05) is 6.61 Å². The van der Waals surface area contributed by atoms with E-state index in [1.807, 2.05) is 0 Å². The molecule has 8 heteroatoms. The summed E-state index contributed by atoms with van der Waals surface area (Å²) in [6.07, 6.45) is 2.95. The molecule has 2 N–H and O–H groups in total. The highest BCUT2D eigenvalue weighted by molar-refractivity contribution is 7.89. The van der Waals surface area contributed by atoms with E-state index in [0.29, 0.717) is 5.92 Å². The lowest BCUT2D eigenvalue weighted by molar-refractivity contribution is 0.0489. The Bertz CT molecular complexity index is 643. The normalized spacial score (nSPS) is 15.2. The van der Waals surface area contributed by atoms with E-state index in [0.717, 1.165) is 31.4 Å². The zero-order valence-electron chi connectivity index (χ0n) is 10.4. The molecule has 2 rings (SSSR count). The third-order valence-electron chi connectivity index (χ3n) is 3.00. The van der Waals surface area contributed by atoms with Gasteiger partial charge in [-0.25, -0.2) is 22.7 Å². The van der Waals surface area contributed by atoms with Crippen LogP contribution in [0.5, 0.6) is 0 Å². The van der Waals surface area contributed by atoms with Crippen LogP contribution in [0.3, 0.4) is 0 Å². The molecule has 0 heterocycles. The molecule has 0 amide bonds. The van der Waals surface area contributed by atoms with E-state index in [1.54, 1.807) is 0 Å². The highest BCUT2D eigenvalue weighted by Gasteiger charge is 2.24. The number of esters is 1. The Labute approximate surface area is 120 Å². The SMILES string of the molecule is NS(=O)(=O)c1cc(C(=O)OCCC2CC2)c(F)cc1Cl. The molecule has 1 saturated carbocycles. The van der Waals surface area contributed by atoms with Crippen LogP contribution in [0.15, 0.2) is 17.0 Å². The number of hydrogen-bond donors (Lipinski definition) is 1. The fraction of sp³-hybridized carbons (Fsp3) is 0.417. The van der Waals surface area contributed by atoms with Gasteiger partial charge in [0.1, 0.15) is 10.7 Å². The Morgan fingerprint density at radius 3 is 2.65 bits per heavy atom. The van der Waals surface area contributed by atoms with Crippen LogP contribution in [0.25, 0.3) is 0 Å². The molecule has 1 aromatic carbocycles. The van der Waals surface area contributed by atoms with Crippen LogP contribution in [-0.4, -0.2) is 21.0 Å². The third kappa shape index (κ3) is 3.68. The first-order valence-electron chi connectivity index (χ1n) is 5.98. The minimum atomic E-state index is -4.14. The lowest BCUT2D eigenvalue weighted by atomic mass is 10.2. The van der Waals surface area contributed by atoms with Crippen LogP contribution in [-0.2, 0) is 14.8 Å². The van der Waals surface area contributed by atoms with Gasteiger partial charge in [-0.3, -0.25) is 0 Å². The van der Waals surface area contributed by atoms with Gasteiger partial charge in [0.15, 0.2) is 0 Å². The minimum absolute atomic E-state index is 0.177. The van der Waals surface area contributed by atoms with Gasteiger partial charge in [-0.2, -0.15) is 0 Å². The largest absolute Gasteiger partial charge is 0.462 e. The first kappa shape index (κ1) is 15.2. The molecular weight excluding hydrogens is 309 g/mol. The predicted octanol–water partition coefficient (Wildman–Crippen LogP) is 2.08. The Morgan fingerprint density at radius 2 is 2.10 bits per heavy atom. The van der Waals surface area contributed by atoms with E-state index in [-0.39, 0.29) is 11.6 Å². The summed E-state index contributed by atoms with van der Waals surface area (Å²) in [6.45, 7) is 0.177. The maximum atomic E-state index is 13.6. The maximum absolute atomic E-state index is 13.6. The number of nitrogens with two attached hydrogens (primary N) is 1. The van der Waals surface area contributed by atoms with Crippen molar-refractivity contribution in [1.82, 2.24) is 0 Å². The average Bonchev–Trinajstić information content (AvgIpc) is 3.11. The number of carbonyl (C=O) groups is 1. The summed E-state index contributed by atoms with van der Waals surface area (Å²) >= 11 is 5.59. The quantitative estimate of drug-likeness (QED) is 0.841. The van der Waals surface area contributed by atoms with Crippen LogP contribution >= 0.6 is 11.6 Å². The number of hydrogen-bond acceptors (Lipinski definition) is 4. The highest BCUT2D eigenvalue weighted by Crippen LogP contribution is 2.32. The van der Waals surface area contributed by atoms with Crippen molar-refractivity contribution in [3.05, 3.63) is 28.5 Å². The summed E-state index contributed by atoms with van der Waals surface area (Å²) in [4.78, 5) is 11.2. The number of primary sulfonamides is 1. The predicted molar refractivity (Wildman–Crippen MR) is 70.4 cm³/mol. The van der Waals surface area contributed by atoms with Gasteiger partial charge in [-0.05, 0) is 24.5 Å². The Kier molecular flexibility index (Phi) is 4.31. The molecule has 1 aliphatic rings. The van der Waals surface area contributed by atoms with Crippen molar-refractivity contribution >= 4 is 27.6 Å². The summed E-state index contributed by atoms with van der Waals surface area (Å²) < 4.78 is 41.1. The van der Waals surface area contributed by atoms with Gasteiger partial charge in [0.05, 0.1) is 17.2 Å². The van der Waals surface area contributed by atoms with E-state index >= 15 is 0 Å². The lowest BCUT2D eigenvalue weighted by Crippen LogP contribution is -2.16. The fourth-order valence-corrected chi connectivity index (χ4v) is 2.79. The van der Waals surface area contributed by atoms with Crippen molar-refractivity contribution in [2.24, 2.45) is 11.1 Å². The highest BCUT2D eigenvalue weighted by atomic mass is 35.5. The molecule has 20 heavy (non-hydrogen) atoms. The summed E-state index contributed by atoms with van der Waals surface area (Å²) in [5.74, 6) is -1.30. The van der Waals surface area contributed by atoms with Gasteiger partial charge in [0.25, 0.3) is 0 Å². The van der Waals surface area contributed by atoms with Crippen LogP contribution in [0, 0.1) is 11.7 Å². The van der Waals surface area contributed by atoms with E-state index in [4.69, 9.17) is 21.5 Å². The van der Waals surface area contributed by atoms with Crippen molar-refractivity contribution in [1.29, 1.82) is 0 Å². The number of rotatable bonds is 5. The second kappa shape index (κ2) is 5.67. The van der Waals surface area contributed by atoms with Crippen molar-refractivity contribution < 1.29 is 22.3 Å². The molecule has 0 saturated heterocycles. The molecule has 0 unspecified atom stereocenters. The lowest BCUT2D eigenvalue weighted by Gasteiger charge is -2.08. The molecule has 1 fully saturated rings. The number of benzene rings is 1. The zero-order chi connectivity index (χ0) is 14.9. The van der Waals surface area contributed by atoms with Gasteiger partial charge >= 0.3 is 5.97 Å². The Morgan fingerprint density at radius 1 is 1.45 bits per heavy atom. The summed E-state index contributed by atoms with van der Waals surface area (Å²) in [5.41, 5.74) is -0.491. The molecule has 0 spiro atoms. The minimum Gasteiger partial charge on any atom is -0.462 e. The van der Waals surface area contributed by atoms with Crippen molar-refractivity contribution in [3.63, 3.8) is 0 Å². The third-order valence-corrected chi connectivity index (χ3v) is 4.38. The molecule has 0 aliphatic heterocycles. The Hall–Kier alpha value is -1.18. The molecule has 0 radical (unpaired) electrons. The molecule has 0 bridgehead atoms. The number of ether oxygens (including phenoxy) is 1. The van der Waals surface area contributed by atoms with E-state index in [1.165, 1.54) is 0 Å². The summed E-state index contributed by atoms with van der Waals surface area (Å²) in [6, 6.07) is 1.53. The molecule has 1 aliphatic carbocycles. The van der Waals surface area contributed by atoms with Crippen LogP contribution in [0.4, 0.5) is 4.39 Å². The van der Waals surface area contributed by atoms with Crippen molar-refractivity contribution in [3.8, 4) is 0 Å². The molecular formula is C12H13ClFNO4S. The molecule has 110 valence electrons. The van der Waals surface area contributed by atoms with Crippen LogP contribution in [0.2, 0.25) is 5.02 Å². The van der Waals surface area contributed by atoms with Gasteiger partial charge in [-0.15, -0.1) is 0 Å². The van der Waals surface area contributed by atoms with E-state index < -0.39 is 32.3 Å². The van der Waals surface area contributed by atoms with Gasteiger partial charge in [0.2, 0.25) is 10.0 Å². The molecule has 0 aromatic heterocycles. The first-order chi connectivity index (χ1) is 9.29. The van der Waals surface area contributed by atoms with Crippen LogP contribution in [0.1, 0.15) is 29.6 Å². The molecule has 1 aromatic rings. The van der Waals surface area contributed by atoms with E-state index in [9.17, 15) is 17.6 Å². The average molecular weight is 322 g/mol. The maximum Gasteiger partial charge on any atom is 0.341 e. The molecule has 0 atom stereocenters.